The molecule has 0 fully saturated rings. The number of rotatable bonds is 8. The van der Waals surface area contributed by atoms with E-state index in [1.165, 1.54) is 22.0 Å². The zero-order valence-corrected chi connectivity index (χ0v) is 21.5. The van der Waals surface area contributed by atoms with Gasteiger partial charge in [0, 0.05) is 49.7 Å². The molecule has 3 rings (SSSR count). The number of fused-ring (bicyclic) bond motifs is 1. The third kappa shape index (κ3) is 5.95. The lowest BCUT2D eigenvalue weighted by Crippen LogP contribution is -2.38. The predicted octanol–water partition coefficient (Wildman–Crippen LogP) is 4.90. The summed E-state index contributed by atoms with van der Waals surface area (Å²) in [6, 6.07) is 6.37. The van der Waals surface area contributed by atoms with Gasteiger partial charge in [0.15, 0.2) is 5.96 Å². The Morgan fingerprint density at radius 2 is 2.20 bits per heavy atom. The van der Waals surface area contributed by atoms with Gasteiger partial charge in [-0.1, -0.05) is 12.1 Å². The maximum absolute atomic E-state index is 5.36. The second-order valence-corrected chi connectivity index (χ2v) is 8.10. The van der Waals surface area contributed by atoms with Gasteiger partial charge in [-0.15, -0.1) is 35.3 Å². The Bertz CT molecular complexity index is 968. The van der Waals surface area contributed by atoms with Crippen LogP contribution in [0.3, 0.4) is 0 Å². The number of aromatic nitrogens is 2. The Labute approximate surface area is 200 Å². The Balaban J connectivity index is 0.00000320. The number of aromatic amines is 1. The van der Waals surface area contributed by atoms with Crippen molar-refractivity contribution in [2.45, 2.75) is 39.8 Å². The van der Waals surface area contributed by atoms with E-state index in [0.29, 0.717) is 6.54 Å². The van der Waals surface area contributed by atoms with Crippen LogP contribution in [0.4, 0.5) is 0 Å². The van der Waals surface area contributed by atoms with E-state index in [-0.39, 0.29) is 30.1 Å². The van der Waals surface area contributed by atoms with Gasteiger partial charge in [-0.25, -0.2) is 4.98 Å². The molecule has 0 saturated heterocycles. The summed E-state index contributed by atoms with van der Waals surface area (Å²) in [5.74, 6) is 0.901. The van der Waals surface area contributed by atoms with Crippen LogP contribution >= 0.6 is 35.3 Å². The van der Waals surface area contributed by atoms with Crippen LogP contribution in [-0.4, -0.2) is 48.1 Å². The van der Waals surface area contributed by atoms with E-state index in [4.69, 9.17) is 14.7 Å². The summed E-state index contributed by atoms with van der Waals surface area (Å²) >= 11 is 1.64. The van der Waals surface area contributed by atoms with Crippen molar-refractivity contribution in [3.05, 3.63) is 51.6 Å². The monoisotopic (exact) mass is 541 g/mol. The van der Waals surface area contributed by atoms with Gasteiger partial charge in [0.2, 0.25) is 0 Å². The highest BCUT2D eigenvalue weighted by Crippen LogP contribution is 2.23. The molecule has 1 unspecified atom stereocenters. The van der Waals surface area contributed by atoms with Crippen LogP contribution in [0.2, 0.25) is 0 Å². The normalized spacial score (nSPS) is 12.6. The van der Waals surface area contributed by atoms with E-state index in [1.54, 1.807) is 18.4 Å². The van der Waals surface area contributed by atoms with Crippen LogP contribution in [0.15, 0.2) is 34.8 Å². The van der Waals surface area contributed by atoms with E-state index >= 15 is 0 Å². The van der Waals surface area contributed by atoms with Gasteiger partial charge in [-0.2, -0.15) is 0 Å². The Morgan fingerprint density at radius 3 is 2.93 bits per heavy atom. The number of aryl methyl sites for hydroxylation is 1. The highest BCUT2D eigenvalue weighted by Gasteiger charge is 2.13. The van der Waals surface area contributed by atoms with E-state index in [9.17, 15) is 0 Å². The number of nitrogens with zero attached hydrogens (tertiary/aromatic N) is 3. The Morgan fingerprint density at radius 1 is 1.40 bits per heavy atom. The molecule has 0 aliphatic heterocycles. The van der Waals surface area contributed by atoms with E-state index in [2.05, 4.69) is 65.9 Å². The molecule has 0 radical (unpaired) electrons. The van der Waals surface area contributed by atoms with Crippen LogP contribution < -0.4 is 5.32 Å². The Kier molecular flexibility index (Phi) is 9.57. The lowest BCUT2D eigenvalue weighted by Gasteiger charge is -2.21. The second kappa shape index (κ2) is 11.7. The first-order valence-electron chi connectivity index (χ1n) is 10.1. The highest BCUT2D eigenvalue weighted by molar-refractivity contribution is 14.0. The van der Waals surface area contributed by atoms with Gasteiger partial charge in [-0.05, 0) is 44.4 Å². The molecular formula is C22H32IN5OS. The maximum atomic E-state index is 5.36. The molecule has 8 heteroatoms. The SMILES string of the molecule is CCNC(=NCCc1c[nH]c2cccc(C)c12)N(C)Cc1csc(C(C)OC)n1.I. The van der Waals surface area contributed by atoms with Crippen LogP contribution in [0.25, 0.3) is 10.9 Å². The van der Waals surface area contributed by atoms with Crippen LogP contribution in [0, 0.1) is 6.92 Å². The summed E-state index contributed by atoms with van der Waals surface area (Å²) in [4.78, 5) is 15.0. The lowest BCUT2D eigenvalue weighted by molar-refractivity contribution is 0.119. The van der Waals surface area contributed by atoms with Crippen molar-refractivity contribution in [1.29, 1.82) is 0 Å². The number of guanidine groups is 1. The van der Waals surface area contributed by atoms with Gasteiger partial charge in [0.25, 0.3) is 0 Å². The minimum absolute atomic E-state index is 0. The first-order chi connectivity index (χ1) is 14.0. The fraction of sp³-hybridized carbons (Fsp3) is 0.455. The molecule has 1 aromatic carbocycles. The molecule has 0 aliphatic carbocycles. The van der Waals surface area contributed by atoms with E-state index < -0.39 is 0 Å². The molecule has 6 nitrogen and oxygen atoms in total. The smallest absolute Gasteiger partial charge is 0.194 e. The van der Waals surface area contributed by atoms with Crippen molar-refractivity contribution in [2.24, 2.45) is 4.99 Å². The predicted molar refractivity (Wildman–Crippen MR) is 137 cm³/mol. The number of nitrogens with one attached hydrogen (secondary N) is 2. The second-order valence-electron chi connectivity index (χ2n) is 7.21. The van der Waals surface area contributed by atoms with E-state index in [1.807, 2.05) is 6.92 Å². The summed E-state index contributed by atoms with van der Waals surface area (Å²) in [6.07, 6.45) is 3.04. The molecule has 3 aromatic rings. The number of hydrogen-bond acceptors (Lipinski definition) is 4. The first kappa shape index (κ1) is 24.6. The van der Waals surface area contributed by atoms with Crippen molar-refractivity contribution in [1.82, 2.24) is 20.2 Å². The topological polar surface area (TPSA) is 65.5 Å². The molecule has 0 amide bonds. The van der Waals surface area contributed by atoms with E-state index in [0.717, 1.165) is 36.2 Å². The Hall–Kier alpha value is -1.65. The quantitative estimate of drug-likeness (QED) is 0.242. The third-order valence-corrected chi connectivity index (χ3v) is 6.06. The molecule has 2 heterocycles. The third-order valence-electron chi connectivity index (χ3n) is 5.00. The molecule has 0 bridgehead atoms. The fourth-order valence-electron chi connectivity index (χ4n) is 3.40. The number of aliphatic imine (C=N–C) groups is 1. The lowest BCUT2D eigenvalue weighted by atomic mass is 10.1. The minimum Gasteiger partial charge on any atom is -0.375 e. The van der Waals surface area contributed by atoms with Crippen LogP contribution in [0.1, 0.15) is 41.8 Å². The standard InChI is InChI=1S/C22H31N5OS.HI/c1-6-23-22(27(4)13-18-14-29-21(26-18)16(3)28-5)24-11-10-17-12-25-19-9-7-8-15(2)20(17)19;/h7-9,12,14,16,25H,6,10-11,13H2,1-5H3,(H,23,24);1H. The fourth-order valence-corrected chi connectivity index (χ4v) is 4.24. The molecular weight excluding hydrogens is 509 g/mol. The number of thiazole rings is 1. The summed E-state index contributed by atoms with van der Waals surface area (Å²) in [5.41, 5.74) is 4.85. The van der Waals surface area contributed by atoms with Gasteiger partial charge in [0.1, 0.15) is 11.1 Å². The van der Waals surface area contributed by atoms with Crippen molar-refractivity contribution in [3.8, 4) is 0 Å². The zero-order valence-electron chi connectivity index (χ0n) is 18.4. The van der Waals surface area contributed by atoms with Crippen LogP contribution in [0.5, 0.6) is 0 Å². The zero-order chi connectivity index (χ0) is 20.8. The molecule has 164 valence electrons. The van der Waals surface area contributed by atoms with Crippen molar-refractivity contribution >= 4 is 52.2 Å². The van der Waals surface area contributed by atoms with Crippen LogP contribution in [-0.2, 0) is 17.7 Å². The molecule has 0 spiro atoms. The average Bonchev–Trinajstić information content (AvgIpc) is 3.34. The summed E-state index contributed by atoms with van der Waals surface area (Å²) in [7, 11) is 3.76. The number of halogens is 1. The molecule has 2 N–H and O–H groups in total. The summed E-state index contributed by atoms with van der Waals surface area (Å²) in [6.45, 7) is 8.55. The van der Waals surface area contributed by atoms with Gasteiger partial charge in [-0.3, -0.25) is 4.99 Å². The largest absolute Gasteiger partial charge is 0.375 e. The summed E-state index contributed by atoms with van der Waals surface area (Å²) < 4.78 is 5.36. The number of hydrogen-bond donors (Lipinski definition) is 2. The minimum atomic E-state index is 0. The average molecular weight is 542 g/mol. The van der Waals surface area contributed by atoms with Gasteiger partial charge < -0.3 is 19.9 Å². The first-order valence-corrected chi connectivity index (χ1v) is 10.9. The van der Waals surface area contributed by atoms with Crippen molar-refractivity contribution in [3.63, 3.8) is 0 Å². The maximum Gasteiger partial charge on any atom is 0.194 e. The highest BCUT2D eigenvalue weighted by atomic mass is 127. The number of benzene rings is 1. The number of ether oxygens (including phenoxy) is 1. The van der Waals surface area contributed by atoms with Crippen molar-refractivity contribution < 1.29 is 4.74 Å². The molecule has 0 saturated carbocycles. The van der Waals surface area contributed by atoms with Gasteiger partial charge >= 0.3 is 0 Å². The van der Waals surface area contributed by atoms with Gasteiger partial charge in [0.05, 0.1) is 12.2 Å². The number of methoxy groups -OCH3 is 1. The molecule has 0 aliphatic rings. The summed E-state index contributed by atoms with van der Waals surface area (Å²) in [5, 5.41) is 7.82. The number of H-pyrrole nitrogens is 1. The van der Waals surface area contributed by atoms with Crippen molar-refractivity contribution in [2.75, 3.05) is 27.2 Å². The molecule has 1 atom stereocenters. The molecule has 30 heavy (non-hydrogen) atoms. The molecule has 2 aromatic heterocycles.